The van der Waals surface area contributed by atoms with Crippen molar-refractivity contribution in [2.24, 2.45) is 5.73 Å². The molecule has 98 valence electrons. The minimum absolute atomic E-state index is 0.285. The van der Waals surface area contributed by atoms with Gasteiger partial charge in [-0.25, -0.2) is 8.78 Å². The number of halogens is 2. The monoisotopic (exact) mass is 259 g/mol. The second kappa shape index (κ2) is 4.42. The van der Waals surface area contributed by atoms with Crippen LogP contribution in [-0.4, -0.2) is 0 Å². The molecule has 0 saturated heterocycles. The maximum Gasteiger partial charge on any atom is 0.166 e. The lowest BCUT2D eigenvalue weighted by molar-refractivity contribution is 0.252. The fourth-order valence-corrected chi connectivity index (χ4v) is 2.55. The SMILES string of the molecule is NC1(c2cc(F)c(F)c(-c3ccccc3)c2)CCC1. The molecule has 0 heterocycles. The van der Waals surface area contributed by atoms with E-state index in [1.165, 1.54) is 6.07 Å². The second-order valence-corrected chi connectivity index (χ2v) is 5.20. The lowest BCUT2D eigenvalue weighted by Gasteiger charge is -2.39. The first-order chi connectivity index (χ1) is 9.10. The van der Waals surface area contributed by atoms with Crippen LogP contribution < -0.4 is 5.73 Å². The van der Waals surface area contributed by atoms with Crippen molar-refractivity contribution in [2.75, 3.05) is 0 Å². The van der Waals surface area contributed by atoms with Gasteiger partial charge in [-0.2, -0.15) is 0 Å². The highest BCUT2D eigenvalue weighted by Gasteiger charge is 2.35. The van der Waals surface area contributed by atoms with Gasteiger partial charge in [-0.3, -0.25) is 0 Å². The molecule has 2 aromatic rings. The maximum atomic E-state index is 14.0. The average Bonchev–Trinajstić information content (AvgIpc) is 2.40. The van der Waals surface area contributed by atoms with Crippen LogP contribution in [0.4, 0.5) is 8.78 Å². The Morgan fingerprint density at radius 1 is 1.00 bits per heavy atom. The van der Waals surface area contributed by atoms with Gasteiger partial charge in [0.2, 0.25) is 0 Å². The summed E-state index contributed by atoms with van der Waals surface area (Å²) in [6.45, 7) is 0. The Hall–Kier alpha value is -1.74. The molecule has 0 aliphatic heterocycles. The summed E-state index contributed by atoms with van der Waals surface area (Å²) in [7, 11) is 0. The number of hydrogen-bond acceptors (Lipinski definition) is 1. The molecule has 1 aliphatic rings. The van der Waals surface area contributed by atoms with Crippen LogP contribution >= 0.6 is 0 Å². The van der Waals surface area contributed by atoms with E-state index in [9.17, 15) is 8.78 Å². The average molecular weight is 259 g/mol. The zero-order valence-corrected chi connectivity index (χ0v) is 10.5. The molecule has 1 saturated carbocycles. The van der Waals surface area contributed by atoms with Crippen molar-refractivity contribution in [3.05, 3.63) is 59.7 Å². The number of rotatable bonds is 2. The van der Waals surface area contributed by atoms with E-state index in [4.69, 9.17) is 5.73 Å². The molecule has 0 unspecified atom stereocenters. The third-order valence-electron chi connectivity index (χ3n) is 3.93. The predicted octanol–water partition coefficient (Wildman–Crippen LogP) is 3.97. The predicted molar refractivity (Wildman–Crippen MR) is 71.5 cm³/mol. The molecule has 0 aromatic heterocycles. The molecular weight excluding hydrogens is 244 g/mol. The summed E-state index contributed by atoms with van der Waals surface area (Å²) in [4.78, 5) is 0. The molecule has 0 bridgehead atoms. The van der Waals surface area contributed by atoms with Crippen molar-refractivity contribution in [3.63, 3.8) is 0 Å². The van der Waals surface area contributed by atoms with Gasteiger partial charge in [0, 0.05) is 11.1 Å². The van der Waals surface area contributed by atoms with E-state index < -0.39 is 17.2 Å². The molecule has 0 spiro atoms. The van der Waals surface area contributed by atoms with Gasteiger partial charge in [-0.15, -0.1) is 0 Å². The van der Waals surface area contributed by atoms with E-state index >= 15 is 0 Å². The first kappa shape index (κ1) is 12.3. The molecule has 3 rings (SSSR count). The van der Waals surface area contributed by atoms with E-state index in [2.05, 4.69) is 0 Å². The highest BCUT2D eigenvalue weighted by Crippen LogP contribution is 2.40. The molecule has 2 N–H and O–H groups in total. The van der Waals surface area contributed by atoms with Gasteiger partial charge in [-0.1, -0.05) is 30.3 Å². The Bertz CT molecular complexity index is 604. The van der Waals surface area contributed by atoms with Gasteiger partial charge in [0.15, 0.2) is 11.6 Å². The summed E-state index contributed by atoms with van der Waals surface area (Å²) in [6.07, 6.45) is 2.69. The Morgan fingerprint density at radius 2 is 1.68 bits per heavy atom. The van der Waals surface area contributed by atoms with Crippen LogP contribution in [0.2, 0.25) is 0 Å². The standard InChI is InChI=1S/C16H15F2N/c17-14-10-12(16(19)7-4-8-16)9-13(15(14)18)11-5-2-1-3-6-11/h1-3,5-6,9-10H,4,7-8,19H2. The molecule has 0 radical (unpaired) electrons. The van der Waals surface area contributed by atoms with Crippen molar-refractivity contribution < 1.29 is 8.78 Å². The molecule has 3 heteroatoms. The minimum atomic E-state index is -0.826. The maximum absolute atomic E-state index is 14.0. The first-order valence-corrected chi connectivity index (χ1v) is 6.44. The fourth-order valence-electron chi connectivity index (χ4n) is 2.55. The summed E-state index contributed by atoms with van der Waals surface area (Å²) in [5, 5.41) is 0. The zero-order chi connectivity index (χ0) is 13.5. The summed E-state index contributed by atoms with van der Waals surface area (Å²) < 4.78 is 27.7. The van der Waals surface area contributed by atoms with Crippen LogP contribution in [0.25, 0.3) is 11.1 Å². The third kappa shape index (κ3) is 2.04. The topological polar surface area (TPSA) is 26.0 Å². The normalized spacial score (nSPS) is 17.0. The zero-order valence-electron chi connectivity index (χ0n) is 10.5. The van der Waals surface area contributed by atoms with Crippen LogP contribution in [0.1, 0.15) is 24.8 Å². The van der Waals surface area contributed by atoms with Gasteiger partial charge < -0.3 is 5.73 Å². The molecule has 2 aromatic carbocycles. The lowest BCUT2D eigenvalue weighted by Crippen LogP contribution is -2.43. The van der Waals surface area contributed by atoms with Crippen LogP contribution in [-0.2, 0) is 5.54 Å². The van der Waals surface area contributed by atoms with Crippen molar-refractivity contribution in [3.8, 4) is 11.1 Å². The highest BCUT2D eigenvalue weighted by molar-refractivity contribution is 5.65. The quantitative estimate of drug-likeness (QED) is 0.867. The Morgan fingerprint density at radius 3 is 2.26 bits per heavy atom. The molecule has 1 nitrogen and oxygen atoms in total. The smallest absolute Gasteiger partial charge is 0.166 e. The van der Waals surface area contributed by atoms with Gasteiger partial charge in [0.25, 0.3) is 0 Å². The Balaban J connectivity index is 2.14. The van der Waals surface area contributed by atoms with Crippen molar-refractivity contribution in [2.45, 2.75) is 24.8 Å². The van der Waals surface area contributed by atoms with Crippen molar-refractivity contribution >= 4 is 0 Å². The van der Waals surface area contributed by atoms with E-state index in [1.54, 1.807) is 30.3 Å². The molecule has 1 fully saturated rings. The van der Waals surface area contributed by atoms with Crippen LogP contribution in [0, 0.1) is 11.6 Å². The number of benzene rings is 2. The second-order valence-electron chi connectivity index (χ2n) is 5.20. The van der Waals surface area contributed by atoms with Gasteiger partial charge in [0.05, 0.1) is 0 Å². The fraction of sp³-hybridized carbons (Fsp3) is 0.250. The third-order valence-corrected chi connectivity index (χ3v) is 3.93. The molecule has 19 heavy (non-hydrogen) atoms. The molecular formula is C16H15F2N. The van der Waals surface area contributed by atoms with E-state index in [-0.39, 0.29) is 5.56 Å². The van der Waals surface area contributed by atoms with Gasteiger partial charge >= 0.3 is 0 Å². The molecule has 1 aliphatic carbocycles. The number of hydrogen-bond donors (Lipinski definition) is 1. The summed E-state index contributed by atoms with van der Waals surface area (Å²) in [5.74, 6) is -1.63. The lowest BCUT2D eigenvalue weighted by atomic mass is 9.72. The van der Waals surface area contributed by atoms with E-state index in [0.29, 0.717) is 11.1 Å². The largest absolute Gasteiger partial charge is 0.321 e. The van der Waals surface area contributed by atoms with Crippen LogP contribution in [0.3, 0.4) is 0 Å². The van der Waals surface area contributed by atoms with Crippen molar-refractivity contribution in [1.82, 2.24) is 0 Å². The Labute approximate surface area is 111 Å². The first-order valence-electron chi connectivity index (χ1n) is 6.44. The Kier molecular flexibility index (Phi) is 2.86. The van der Waals surface area contributed by atoms with Crippen molar-refractivity contribution in [1.29, 1.82) is 0 Å². The summed E-state index contributed by atoms with van der Waals surface area (Å²) >= 11 is 0. The molecule has 0 atom stereocenters. The van der Waals surface area contributed by atoms with Crippen LogP contribution in [0.5, 0.6) is 0 Å². The highest BCUT2D eigenvalue weighted by atomic mass is 19.2. The molecule has 0 amide bonds. The van der Waals surface area contributed by atoms with Gasteiger partial charge in [0.1, 0.15) is 0 Å². The summed E-state index contributed by atoms with van der Waals surface area (Å²) in [6, 6.07) is 11.9. The van der Waals surface area contributed by atoms with E-state index in [1.807, 2.05) is 6.07 Å². The number of nitrogens with two attached hydrogens (primary N) is 1. The summed E-state index contributed by atoms with van der Waals surface area (Å²) in [5.41, 5.74) is 7.36. The van der Waals surface area contributed by atoms with Gasteiger partial charge in [-0.05, 0) is 42.5 Å². The van der Waals surface area contributed by atoms with Crippen LogP contribution in [0.15, 0.2) is 42.5 Å². The minimum Gasteiger partial charge on any atom is -0.321 e. The van der Waals surface area contributed by atoms with E-state index in [0.717, 1.165) is 19.3 Å².